The van der Waals surface area contributed by atoms with Gasteiger partial charge in [0.1, 0.15) is 5.56 Å². The van der Waals surface area contributed by atoms with Crippen molar-refractivity contribution in [3.8, 4) is 5.88 Å². The zero-order valence-corrected chi connectivity index (χ0v) is 22.4. The standard InChI is InChI=1S/C27H32N6O4S/c1-32-11-8-16(9-12-32)26-31-20-13-17(6-7-22(20)38-26)21-5-3-4-10-33(21)27(36)24(35)30-18-14-19(23(28)34)25(37-2)29-15-18/h6-7,13-16,21H,3-5,8-12H2,1-2H3,(H2,28,34)(H,30,35)/t21-/m1/s1. The summed E-state index contributed by atoms with van der Waals surface area (Å²) in [5.41, 5.74) is 7.53. The van der Waals surface area contributed by atoms with E-state index in [-0.39, 0.29) is 23.2 Å². The van der Waals surface area contributed by atoms with Crippen LogP contribution in [0.5, 0.6) is 5.88 Å². The van der Waals surface area contributed by atoms with Crippen LogP contribution in [0.2, 0.25) is 0 Å². The Labute approximate surface area is 225 Å². The van der Waals surface area contributed by atoms with E-state index in [1.54, 1.807) is 16.2 Å². The van der Waals surface area contributed by atoms with Gasteiger partial charge in [-0.1, -0.05) is 6.07 Å². The second kappa shape index (κ2) is 11.0. The highest BCUT2D eigenvalue weighted by Gasteiger charge is 2.32. The Balaban J connectivity index is 1.33. The third-order valence-electron chi connectivity index (χ3n) is 7.41. The topological polar surface area (TPSA) is 131 Å². The van der Waals surface area contributed by atoms with Gasteiger partial charge in [0, 0.05) is 12.5 Å². The molecule has 2 saturated heterocycles. The number of aromatic nitrogens is 2. The lowest BCUT2D eigenvalue weighted by atomic mass is 9.94. The number of nitrogens with two attached hydrogens (primary N) is 1. The Morgan fingerprint density at radius 1 is 1.11 bits per heavy atom. The summed E-state index contributed by atoms with van der Waals surface area (Å²) in [6.07, 6.45) is 6.12. The van der Waals surface area contributed by atoms with Gasteiger partial charge < -0.3 is 25.6 Å². The van der Waals surface area contributed by atoms with Gasteiger partial charge in [0.05, 0.1) is 40.3 Å². The molecule has 2 aromatic heterocycles. The van der Waals surface area contributed by atoms with Crippen LogP contribution in [0.25, 0.3) is 10.2 Å². The molecule has 0 bridgehead atoms. The maximum absolute atomic E-state index is 13.3. The molecule has 2 aliphatic heterocycles. The number of fused-ring (bicyclic) bond motifs is 1. The predicted octanol–water partition coefficient (Wildman–Crippen LogP) is 3.30. The van der Waals surface area contributed by atoms with Gasteiger partial charge in [-0.2, -0.15) is 0 Å². The largest absolute Gasteiger partial charge is 0.480 e. The first kappa shape index (κ1) is 26.1. The summed E-state index contributed by atoms with van der Waals surface area (Å²) >= 11 is 1.76. The number of nitrogens with zero attached hydrogens (tertiary/aromatic N) is 4. The minimum Gasteiger partial charge on any atom is -0.480 e. The number of anilines is 1. The summed E-state index contributed by atoms with van der Waals surface area (Å²) in [5.74, 6) is -1.63. The fourth-order valence-corrected chi connectivity index (χ4v) is 6.41. The number of hydrogen-bond acceptors (Lipinski definition) is 8. The third kappa shape index (κ3) is 5.34. The molecule has 200 valence electrons. The molecule has 0 saturated carbocycles. The van der Waals surface area contributed by atoms with Gasteiger partial charge >= 0.3 is 11.8 Å². The van der Waals surface area contributed by atoms with Crippen molar-refractivity contribution < 1.29 is 19.1 Å². The first-order valence-electron chi connectivity index (χ1n) is 12.9. The summed E-state index contributed by atoms with van der Waals surface area (Å²) in [6, 6.07) is 7.36. The van der Waals surface area contributed by atoms with Crippen molar-refractivity contribution in [3.05, 3.63) is 46.6 Å². The Morgan fingerprint density at radius 2 is 1.89 bits per heavy atom. The molecular formula is C27H32N6O4S. The van der Waals surface area contributed by atoms with Crippen LogP contribution >= 0.6 is 11.3 Å². The van der Waals surface area contributed by atoms with E-state index in [1.807, 2.05) is 0 Å². The predicted molar refractivity (Wildman–Crippen MR) is 145 cm³/mol. The maximum atomic E-state index is 13.3. The molecule has 11 heteroatoms. The second-order valence-corrected chi connectivity index (χ2v) is 11.0. The van der Waals surface area contributed by atoms with Gasteiger partial charge in [0.25, 0.3) is 5.91 Å². The molecule has 3 N–H and O–H groups in total. The molecule has 1 atom stereocenters. The summed E-state index contributed by atoms with van der Waals surface area (Å²) in [7, 11) is 3.52. The lowest BCUT2D eigenvalue weighted by molar-refractivity contribution is -0.145. The van der Waals surface area contributed by atoms with E-state index in [0.717, 1.165) is 61.0 Å². The minimum absolute atomic E-state index is 0.0183. The Morgan fingerprint density at radius 3 is 2.63 bits per heavy atom. The van der Waals surface area contributed by atoms with Crippen LogP contribution in [0.15, 0.2) is 30.5 Å². The zero-order chi connectivity index (χ0) is 26.8. The van der Waals surface area contributed by atoms with Crippen molar-refractivity contribution in [2.24, 2.45) is 5.73 Å². The van der Waals surface area contributed by atoms with Crippen molar-refractivity contribution in [1.82, 2.24) is 19.8 Å². The van der Waals surface area contributed by atoms with E-state index in [0.29, 0.717) is 12.5 Å². The molecule has 0 radical (unpaired) electrons. The van der Waals surface area contributed by atoms with Crippen molar-refractivity contribution in [2.45, 2.75) is 44.1 Å². The first-order valence-corrected chi connectivity index (χ1v) is 13.7. The summed E-state index contributed by atoms with van der Waals surface area (Å²) < 4.78 is 6.18. The molecule has 0 spiro atoms. The van der Waals surface area contributed by atoms with Crippen LogP contribution in [0.4, 0.5) is 5.69 Å². The molecule has 2 fully saturated rings. The quantitative estimate of drug-likeness (QED) is 0.479. The van der Waals surface area contributed by atoms with E-state index < -0.39 is 17.7 Å². The normalized spacial score (nSPS) is 18.9. The number of likely N-dealkylation sites (tertiary alicyclic amines) is 2. The molecular weight excluding hydrogens is 504 g/mol. The number of thiazole rings is 1. The van der Waals surface area contributed by atoms with E-state index in [2.05, 4.69) is 40.4 Å². The summed E-state index contributed by atoms with van der Waals surface area (Å²) in [4.78, 5) is 50.9. The van der Waals surface area contributed by atoms with Gasteiger partial charge in [-0.25, -0.2) is 9.97 Å². The molecule has 10 nitrogen and oxygen atoms in total. The van der Waals surface area contributed by atoms with Crippen molar-refractivity contribution in [3.63, 3.8) is 0 Å². The highest BCUT2D eigenvalue weighted by atomic mass is 32.1. The van der Waals surface area contributed by atoms with Crippen molar-refractivity contribution in [2.75, 3.05) is 39.1 Å². The number of ether oxygens (including phenoxy) is 1. The molecule has 3 amide bonds. The second-order valence-electron chi connectivity index (χ2n) is 9.97. The average Bonchev–Trinajstić information content (AvgIpc) is 3.36. The van der Waals surface area contributed by atoms with Gasteiger partial charge in [-0.3, -0.25) is 14.4 Å². The molecule has 4 heterocycles. The highest BCUT2D eigenvalue weighted by molar-refractivity contribution is 7.18. The third-order valence-corrected chi connectivity index (χ3v) is 8.61. The molecule has 5 rings (SSSR count). The van der Waals surface area contributed by atoms with E-state index in [9.17, 15) is 14.4 Å². The number of carbonyl (C=O) groups excluding carboxylic acids is 3. The van der Waals surface area contributed by atoms with E-state index >= 15 is 0 Å². The number of nitrogens with one attached hydrogen (secondary N) is 1. The van der Waals surface area contributed by atoms with E-state index in [4.69, 9.17) is 15.5 Å². The monoisotopic (exact) mass is 536 g/mol. The molecule has 38 heavy (non-hydrogen) atoms. The van der Waals surface area contributed by atoms with Crippen LogP contribution in [0, 0.1) is 0 Å². The van der Waals surface area contributed by atoms with Gasteiger partial charge in [-0.15, -0.1) is 11.3 Å². The molecule has 0 unspecified atom stereocenters. The molecule has 2 aliphatic rings. The molecule has 3 aromatic rings. The van der Waals surface area contributed by atoms with Crippen LogP contribution in [0.3, 0.4) is 0 Å². The summed E-state index contributed by atoms with van der Waals surface area (Å²) in [5, 5.41) is 3.74. The lowest BCUT2D eigenvalue weighted by Crippen LogP contribution is -2.44. The Kier molecular flexibility index (Phi) is 7.57. The van der Waals surface area contributed by atoms with Crippen LogP contribution in [-0.2, 0) is 9.59 Å². The number of hydrogen-bond donors (Lipinski definition) is 2. The van der Waals surface area contributed by atoms with Crippen molar-refractivity contribution in [1.29, 1.82) is 0 Å². The number of carbonyl (C=O) groups is 3. The number of amides is 3. The first-order chi connectivity index (χ1) is 18.3. The van der Waals surface area contributed by atoms with Gasteiger partial charge in [0.2, 0.25) is 5.88 Å². The Hall–Kier alpha value is -3.57. The Bertz CT molecular complexity index is 1370. The maximum Gasteiger partial charge on any atom is 0.313 e. The fraction of sp³-hybridized carbons (Fsp3) is 0.444. The van der Waals surface area contributed by atoms with Gasteiger partial charge in [-0.05, 0) is 76.0 Å². The number of methoxy groups -OCH3 is 1. The highest BCUT2D eigenvalue weighted by Crippen LogP contribution is 2.37. The molecule has 1 aromatic carbocycles. The van der Waals surface area contributed by atoms with Crippen molar-refractivity contribution >= 4 is 45.0 Å². The van der Waals surface area contributed by atoms with E-state index in [1.165, 1.54) is 24.4 Å². The van der Waals surface area contributed by atoms with Crippen LogP contribution < -0.4 is 15.8 Å². The number of primary amides is 1. The van der Waals surface area contributed by atoms with Crippen LogP contribution in [0.1, 0.15) is 65.0 Å². The molecule has 0 aliphatic carbocycles. The number of rotatable bonds is 5. The smallest absolute Gasteiger partial charge is 0.313 e. The fourth-order valence-electron chi connectivity index (χ4n) is 5.30. The number of piperidine rings is 2. The number of pyridine rings is 1. The average molecular weight is 537 g/mol. The summed E-state index contributed by atoms with van der Waals surface area (Å²) in [6.45, 7) is 2.66. The lowest BCUT2D eigenvalue weighted by Gasteiger charge is -2.35. The minimum atomic E-state index is -0.793. The van der Waals surface area contributed by atoms with Gasteiger partial charge in [0.15, 0.2) is 0 Å². The SMILES string of the molecule is COc1ncc(NC(=O)C(=O)N2CCCC[C@@H]2c2ccc3sc(C4CCN(C)CC4)nc3c2)cc1C(N)=O. The van der Waals surface area contributed by atoms with Crippen LogP contribution in [-0.4, -0.2) is 71.3 Å². The zero-order valence-electron chi connectivity index (χ0n) is 21.6. The number of benzene rings is 1.